The molecule has 4 aromatic rings. The van der Waals surface area contributed by atoms with Gasteiger partial charge >= 0.3 is 5.97 Å². The van der Waals surface area contributed by atoms with Gasteiger partial charge < -0.3 is 14.7 Å². The van der Waals surface area contributed by atoms with Crippen LogP contribution >= 0.6 is 0 Å². The van der Waals surface area contributed by atoms with Crippen LogP contribution in [0.3, 0.4) is 0 Å². The van der Waals surface area contributed by atoms with Gasteiger partial charge in [0.2, 0.25) is 11.0 Å². The summed E-state index contributed by atoms with van der Waals surface area (Å²) < 4.78 is 31.7. The number of pyridine rings is 2. The summed E-state index contributed by atoms with van der Waals surface area (Å²) >= 11 is 0. The van der Waals surface area contributed by atoms with Crippen LogP contribution in [0.5, 0.6) is 0 Å². The monoisotopic (exact) mass is 422 g/mol. The van der Waals surface area contributed by atoms with Crippen molar-refractivity contribution in [1.29, 1.82) is 0 Å². The van der Waals surface area contributed by atoms with Gasteiger partial charge in [0.05, 0.1) is 11.0 Å². The smallest absolute Gasteiger partial charge is 0.341 e. The van der Waals surface area contributed by atoms with Gasteiger partial charge in [-0.25, -0.2) is 13.6 Å². The Morgan fingerprint density at radius 1 is 1.13 bits per heavy atom. The first-order chi connectivity index (χ1) is 14.8. The van der Waals surface area contributed by atoms with Crippen LogP contribution in [0.15, 0.2) is 46.1 Å². The molecule has 0 atom stereocenters. The van der Waals surface area contributed by atoms with Gasteiger partial charge in [-0.15, -0.1) is 0 Å². The second-order valence-corrected chi connectivity index (χ2v) is 7.81. The minimum Gasteiger partial charge on any atom is -0.477 e. The van der Waals surface area contributed by atoms with Crippen molar-refractivity contribution in [1.82, 2.24) is 9.55 Å². The van der Waals surface area contributed by atoms with Crippen molar-refractivity contribution < 1.29 is 18.7 Å². The van der Waals surface area contributed by atoms with Crippen LogP contribution in [-0.4, -0.2) is 20.6 Å². The number of nitrogens with one attached hydrogen (secondary N) is 1. The molecule has 6 nitrogen and oxygen atoms in total. The third kappa shape index (κ3) is 2.94. The fourth-order valence-electron chi connectivity index (χ4n) is 4.19. The van der Waals surface area contributed by atoms with Crippen molar-refractivity contribution in [2.24, 2.45) is 0 Å². The first-order valence-electron chi connectivity index (χ1n) is 9.70. The molecule has 0 radical (unpaired) electrons. The van der Waals surface area contributed by atoms with E-state index in [4.69, 9.17) is 0 Å². The Kier molecular flexibility index (Phi) is 4.08. The maximum absolute atomic E-state index is 15.2. The van der Waals surface area contributed by atoms with Gasteiger partial charge in [0, 0.05) is 34.6 Å². The predicted molar refractivity (Wildman–Crippen MR) is 112 cm³/mol. The molecule has 8 heteroatoms. The Morgan fingerprint density at radius 3 is 2.55 bits per heavy atom. The summed E-state index contributed by atoms with van der Waals surface area (Å²) in [5.41, 5.74) is -0.356. The molecule has 2 heterocycles. The van der Waals surface area contributed by atoms with Gasteiger partial charge in [0.1, 0.15) is 17.2 Å². The van der Waals surface area contributed by atoms with E-state index in [0.29, 0.717) is 16.5 Å². The molecule has 0 saturated heterocycles. The van der Waals surface area contributed by atoms with E-state index in [9.17, 15) is 23.9 Å². The van der Waals surface area contributed by atoms with Gasteiger partial charge in [-0.05, 0) is 55.2 Å². The first kappa shape index (κ1) is 19.2. The fraction of sp³-hybridized carbons (Fsp3) is 0.174. The van der Waals surface area contributed by atoms with Crippen LogP contribution < -0.4 is 11.0 Å². The standard InChI is InChI=1S/C23H16F2N2O4/c1-10-19(12-6-11-2-5-18(28)26-20(11)17(25)7-12)16(24)8-14-21(10)27(13-3-4-13)9-15(22(14)29)23(30)31/h2,5-9,13H,3-4H2,1H3,(H,26,28)(H,30,31). The molecule has 0 unspecified atom stereocenters. The Bertz CT molecular complexity index is 1550. The largest absolute Gasteiger partial charge is 0.477 e. The summed E-state index contributed by atoms with van der Waals surface area (Å²) in [4.78, 5) is 38.2. The van der Waals surface area contributed by atoms with Crippen LogP contribution in [-0.2, 0) is 0 Å². The quantitative estimate of drug-likeness (QED) is 0.519. The number of carbonyl (C=O) groups is 1. The number of nitrogens with zero attached hydrogens (tertiary/aromatic N) is 1. The average molecular weight is 422 g/mol. The van der Waals surface area contributed by atoms with Crippen molar-refractivity contribution in [3.05, 3.63) is 79.9 Å². The minimum atomic E-state index is -1.37. The molecule has 1 saturated carbocycles. The van der Waals surface area contributed by atoms with E-state index in [0.717, 1.165) is 25.0 Å². The highest BCUT2D eigenvalue weighted by Crippen LogP contribution is 2.40. The number of H-pyrrole nitrogens is 1. The highest BCUT2D eigenvalue weighted by Gasteiger charge is 2.29. The molecular formula is C23H16F2N2O4. The van der Waals surface area contributed by atoms with Crippen LogP contribution in [0, 0.1) is 18.6 Å². The summed E-state index contributed by atoms with van der Waals surface area (Å²) in [6, 6.07) is 6.47. The number of carboxylic acid groups (broad SMARTS) is 1. The van der Waals surface area contributed by atoms with Crippen LogP contribution in [0.4, 0.5) is 8.78 Å². The zero-order chi connectivity index (χ0) is 22.0. The van der Waals surface area contributed by atoms with E-state index in [-0.39, 0.29) is 28.1 Å². The summed E-state index contributed by atoms with van der Waals surface area (Å²) in [7, 11) is 0. The van der Waals surface area contributed by atoms with Crippen molar-refractivity contribution in [3.63, 3.8) is 0 Å². The van der Waals surface area contributed by atoms with E-state index < -0.39 is 34.2 Å². The molecule has 31 heavy (non-hydrogen) atoms. The van der Waals surface area contributed by atoms with E-state index in [1.54, 1.807) is 17.6 Å². The molecule has 5 rings (SSSR count). The normalized spacial score (nSPS) is 13.8. The Hall–Kier alpha value is -3.81. The number of aryl methyl sites for hydroxylation is 1. The number of rotatable bonds is 3. The van der Waals surface area contributed by atoms with Gasteiger partial charge in [-0.1, -0.05) is 0 Å². The van der Waals surface area contributed by atoms with E-state index in [2.05, 4.69) is 4.98 Å². The summed E-state index contributed by atoms with van der Waals surface area (Å²) in [5, 5.41) is 9.78. The van der Waals surface area contributed by atoms with Crippen molar-refractivity contribution in [2.75, 3.05) is 0 Å². The number of fused-ring (bicyclic) bond motifs is 2. The van der Waals surface area contributed by atoms with Crippen LogP contribution in [0.25, 0.3) is 32.9 Å². The summed E-state index contributed by atoms with van der Waals surface area (Å²) in [6.45, 7) is 1.63. The number of benzene rings is 2. The van der Waals surface area contributed by atoms with Gasteiger partial charge in [0.25, 0.3) is 0 Å². The number of aromatic nitrogens is 2. The maximum atomic E-state index is 15.2. The molecule has 2 aromatic heterocycles. The SMILES string of the molecule is Cc1c(-c2cc(F)c3[nH]c(=O)ccc3c2)c(F)cc2c(=O)c(C(=O)O)cn(C3CC3)c12. The molecule has 1 fully saturated rings. The number of carboxylic acids is 1. The number of aromatic amines is 1. The van der Waals surface area contributed by atoms with E-state index in [1.165, 1.54) is 18.3 Å². The van der Waals surface area contributed by atoms with Crippen LogP contribution in [0.2, 0.25) is 0 Å². The molecule has 1 aliphatic rings. The third-order valence-corrected chi connectivity index (χ3v) is 5.75. The lowest BCUT2D eigenvalue weighted by Gasteiger charge is -2.18. The molecule has 0 amide bonds. The van der Waals surface area contributed by atoms with Crippen molar-refractivity contribution in [3.8, 4) is 11.1 Å². The van der Waals surface area contributed by atoms with E-state index in [1.807, 2.05) is 0 Å². The number of hydrogen-bond acceptors (Lipinski definition) is 3. The Labute approximate surface area is 173 Å². The lowest BCUT2D eigenvalue weighted by Crippen LogP contribution is -2.19. The highest BCUT2D eigenvalue weighted by atomic mass is 19.1. The van der Waals surface area contributed by atoms with Gasteiger partial charge in [-0.3, -0.25) is 9.59 Å². The Balaban J connectivity index is 1.86. The minimum absolute atomic E-state index is 0.0175. The summed E-state index contributed by atoms with van der Waals surface area (Å²) in [6.07, 6.45) is 2.95. The first-order valence-corrected chi connectivity index (χ1v) is 9.70. The fourth-order valence-corrected chi connectivity index (χ4v) is 4.19. The zero-order valence-electron chi connectivity index (χ0n) is 16.3. The molecule has 1 aliphatic carbocycles. The molecule has 0 spiro atoms. The molecule has 0 bridgehead atoms. The second-order valence-electron chi connectivity index (χ2n) is 7.81. The average Bonchev–Trinajstić information content (AvgIpc) is 3.54. The second kappa shape index (κ2) is 6.60. The lowest BCUT2D eigenvalue weighted by atomic mass is 9.94. The van der Waals surface area contributed by atoms with Gasteiger partial charge in [0.15, 0.2) is 0 Å². The van der Waals surface area contributed by atoms with Gasteiger partial charge in [-0.2, -0.15) is 0 Å². The molecule has 2 N–H and O–H groups in total. The lowest BCUT2D eigenvalue weighted by molar-refractivity contribution is 0.0695. The van der Waals surface area contributed by atoms with Crippen LogP contribution in [0.1, 0.15) is 34.8 Å². The zero-order valence-corrected chi connectivity index (χ0v) is 16.3. The van der Waals surface area contributed by atoms with Crippen molar-refractivity contribution in [2.45, 2.75) is 25.8 Å². The van der Waals surface area contributed by atoms with Crippen molar-refractivity contribution >= 4 is 27.8 Å². The molecular weight excluding hydrogens is 406 g/mol. The highest BCUT2D eigenvalue weighted by molar-refractivity contribution is 5.96. The maximum Gasteiger partial charge on any atom is 0.341 e. The number of halogens is 2. The topological polar surface area (TPSA) is 92.2 Å². The molecule has 2 aromatic carbocycles. The summed E-state index contributed by atoms with van der Waals surface area (Å²) in [5.74, 6) is -2.82. The predicted octanol–water partition coefficient (Wildman–Crippen LogP) is 4.13. The Morgan fingerprint density at radius 2 is 1.87 bits per heavy atom. The number of aromatic carboxylic acids is 1. The third-order valence-electron chi connectivity index (χ3n) is 5.75. The molecule has 0 aliphatic heterocycles. The number of hydrogen-bond donors (Lipinski definition) is 2. The molecule has 156 valence electrons. The van der Waals surface area contributed by atoms with E-state index >= 15 is 4.39 Å².